The molecule has 0 saturated heterocycles. The lowest BCUT2D eigenvalue weighted by atomic mass is 9.81. The van der Waals surface area contributed by atoms with Crippen LogP contribution in [0.4, 0.5) is 0 Å². The molecule has 0 radical (unpaired) electrons. The van der Waals surface area contributed by atoms with Gasteiger partial charge in [0.2, 0.25) is 10.0 Å². The molecule has 6 heteroatoms. The van der Waals surface area contributed by atoms with Crippen LogP contribution in [-0.2, 0) is 16.6 Å². The third-order valence-corrected chi connectivity index (χ3v) is 8.32. The summed E-state index contributed by atoms with van der Waals surface area (Å²) in [6.07, 6.45) is 12.3. The summed E-state index contributed by atoms with van der Waals surface area (Å²) < 4.78 is 29.2. The first-order valence-electron chi connectivity index (χ1n) is 11.9. The number of fused-ring (bicyclic) bond motifs is 3. The first kappa shape index (κ1) is 23.6. The zero-order valence-corrected chi connectivity index (χ0v) is 20.7. The molecule has 0 unspecified atom stereocenters. The highest BCUT2D eigenvalue weighted by Crippen LogP contribution is 2.44. The van der Waals surface area contributed by atoms with Gasteiger partial charge >= 0.3 is 0 Å². The van der Waals surface area contributed by atoms with Crippen LogP contribution in [0.3, 0.4) is 0 Å². The van der Waals surface area contributed by atoms with E-state index in [1.165, 1.54) is 48.9 Å². The van der Waals surface area contributed by atoms with Gasteiger partial charge in [0.15, 0.2) is 0 Å². The SMILES string of the molecule is C=CC1=C(C)C=CCn2c1c(C1CCCCC1)c1ccc(C(=O)NS(=O)(=O)CC(C)C)cc12. The first-order valence-corrected chi connectivity index (χ1v) is 13.6. The van der Waals surface area contributed by atoms with Gasteiger partial charge in [0.05, 0.1) is 11.4 Å². The molecule has 1 aromatic heterocycles. The van der Waals surface area contributed by atoms with Crippen LogP contribution in [0.15, 0.2) is 48.6 Å². The summed E-state index contributed by atoms with van der Waals surface area (Å²) in [5.74, 6) is -0.238. The maximum absolute atomic E-state index is 12.9. The molecule has 0 spiro atoms. The van der Waals surface area contributed by atoms with Crippen LogP contribution in [0.5, 0.6) is 0 Å². The molecule has 1 saturated carbocycles. The number of nitrogens with zero attached hydrogens (tertiary/aromatic N) is 1. The number of hydrogen-bond donors (Lipinski definition) is 1. The van der Waals surface area contributed by atoms with E-state index in [0.29, 0.717) is 18.0 Å². The van der Waals surface area contributed by atoms with Crippen molar-refractivity contribution in [2.45, 2.75) is 65.3 Å². The Hall–Kier alpha value is -2.60. The van der Waals surface area contributed by atoms with E-state index in [9.17, 15) is 13.2 Å². The predicted molar refractivity (Wildman–Crippen MR) is 136 cm³/mol. The Labute approximate surface area is 197 Å². The number of benzene rings is 1. The maximum atomic E-state index is 12.9. The predicted octanol–water partition coefficient (Wildman–Crippen LogP) is 5.93. The zero-order valence-electron chi connectivity index (χ0n) is 19.9. The van der Waals surface area contributed by atoms with Gasteiger partial charge < -0.3 is 4.57 Å². The fourth-order valence-corrected chi connectivity index (χ4v) is 6.71. The Balaban J connectivity index is 1.86. The van der Waals surface area contributed by atoms with Crippen molar-refractivity contribution < 1.29 is 13.2 Å². The molecule has 4 rings (SSSR count). The van der Waals surface area contributed by atoms with Gasteiger partial charge in [-0.25, -0.2) is 13.1 Å². The Bertz CT molecular complexity index is 1260. The van der Waals surface area contributed by atoms with Crippen molar-refractivity contribution in [3.8, 4) is 0 Å². The van der Waals surface area contributed by atoms with Crippen molar-refractivity contribution in [3.05, 3.63) is 65.4 Å². The number of sulfonamides is 1. The third-order valence-electron chi connectivity index (χ3n) is 6.72. The first-order chi connectivity index (χ1) is 15.7. The Morgan fingerprint density at radius 2 is 1.97 bits per heavy atom. The highest BCUT2D eigenvalue weighted by Gasteiger charge is 2.28. The van der Waals surface area contributed by atoms with Crippen LogP contribution >= 0.6 is 0 Å². The van der Waals surface area contributed by atoms with Crippen molar-refractivity contribution in [3.63, 3.8) is 0 Å². The van der Waals surface area contributed by atoms with E-state index in [1.54, 1.807) is 6.07 Å². The summed E-state index contributed by atoms with van der Waals surface area (Å²) in [5, 5.41) is 1.15. The quantitative estimate of drug-likeness (QED) is 0.573. The summed E-state index contributed by atoms with van der Waals surface area (Å²) in [7, 11) is -3.67. The molecule has 2 heterocycles. The average molecular weight is 467 g/mol. The van der Waals surface area contributed by atoms with Crippen LogP contribution in [0.1, 0.15) is 80.4 Å². The van der Waals surface area contributed by atoms with Gasteiger partial charge in [0.1, 0.15) is 0 Å². The summed E-state index contributed by atoms with van der Waals surface area (Å²) in [6, 6.07) is 5.61. The molecular weight excluding hydrogens is 432 g/mol. The smallest absolute Gasteiger partial charge is 0.264 e. The largest absolute Gasteiger partial charge is 0.336 e. The second-order valence-corrected chi connectivity index (χ2v) is 11.5. The highest BCUT2D eigenvalue weighted by molar-refractivity contribution is 7.90. The van der Waals surface area contributed by atoms with E-state index in [4.69, 9.17) is 0 Å². The van der Waals surface area contributed by atoms with E-state index >= 15 is 0 Å². The van der Waals surface area contributed by atoms with Gasteiger partial charge in [-0.2, -0.15) is 0 Å². The fraction of sp³-hybridized carbons (Fsp3) is 0.444. The minimum atomic E-state index is -3.67. The van der Waals surface area contributed by atoms with E-state index in [2.05, 4.69) is 34.9 Å². The van der Waals surface area contributed by atoms with Gasteiger partial charge in [-0.1, -0.05) is 64.0 Å². The number of carbonyl (C=O) groups excluding carboxylic acids is 1. The summed E-state index contributed by atoms with van der Waals surface area (Å²) in [6.45, 7) is 10.6. The number of hydrogen-bond acceptors (Lipinski definition) is 3. The monoisotopic (exact) mass is 466 g/mol. The van der Waals surface area contributed by atoms with Crippen LogP contribution in [0, 0.1) is 5.92 Å². The Morgan fingerprint density at radius 3 is 2.64 bits per heavy atom. The Morgan fingerprint density at radius 1 is 1.24 bits per heavy atom. The van der Waals surface area contributed by atoms with E-state index < -0.39 is 15.9 Å². The standard InChI is InChI=1S/C27H34N2O3S/c1-5-22-19(4)10-9-15-29-24-16-21(27(30)28-33(31,32)17-18(2)3)13-14-23(24)25(26(22)29)20-11-7-6-8-12-20/h5,9-10,13-14,16,18,20H,1,6-8,11-12,15,17H2,2-4H3,(H,28,30). The topological polar surface area (TPSA) is 68.2 Å². The van der Waals surface area contributed by atoms with E-state index in [0.717, 1.165) is 16.5 Å². The summed E-state index contributed by atoms with van der Waals surface area (Å²) in [5.41, 5.74) is 6.19. The normalized spacial score (nSPS) is 17.3. The van der Waals surface area contributed by atoms with Crippen LogP contribution in [-0.4, -0.2) is 24.6 Å². The van der Waals surface area contributed by atoms with Crippen molar-refractivity contribution in [2.24, 2.45) is 5.92 Å². The number of nitrogens with one attached hydrogen (secondary N) is 1. The van der Waals surface area contributed by atoms with Gasteiger partial charge in [0, 0.05) is 28.6 Å². The lowest BCUT2D eigenvalue weighted by Gasteiger charge is -2.24. The van der Waals surface area contributed by atoms with E-state index in [-0.39, 0.29) is 11.7 Å². The molecule has 1 N–H and O–H groups in total. The number of amides is 1. The molecule has 0 bridgehead atoms. The molecule has 1 aromatic carbocycles. The molecule has 1 aliphatic carbocycles. The number of aromatic nitrogens is 1. The van der Waals surface area contributed by atoms with Crippen molar-refractivity contribution in [2.75, 3.05) is 5.75 Å². The van der Waals surface area contributed by atoms with Gasteiger partial charge in [-0.15, -0.1) is 0 Å². The van der Waals surface area contributed by atoms with Crippen molar-refractivity contribution >= 4 is 32.4 Å². The molecule has 1 aliphatic heterocycles. The minimum absolute atomic E-state index is 0.0589. The molecule has 2 aliphatic rings. The summed E-state index contributed by atoms with van der Waals surface area (Å²) in [4.78, 5) is 12.9. The lowest BCUT2D eigenvalue weighted by molar-refractivity contribution is 0.0981. The molecule has 33 heavy (non-hydrogen) atoms. The number of allylic oxidation sites excluding steroid dienone is 5. The summed E-state index contributed by atoms with van der Waals surface area (Å²) >= 11 is 0. The van der Waals surface area contributed by atoms with Gasteiger partial charge in [0.25, 0.3) is 5.91 Å². The van der Waals surface area contributed by atoms with Gasteiger partial charge in [-0.05, 0) is 54.9 Å². The molecule has 5 nitrogen and oxygen atoms in total. The molecular formula is C27H34N2O3S. The number of rotatable bonds is 6. The molecule has 0 atom stereocenters. The molecule has 1 amide bonds. The minimum Gasteiger partial charge on any atom is -0.336 e. The molecule has 2 aromatic rings. The van der Waals surface area contributed by atoms with Crippen molar-refractivity contribution in [1.82, 2.24) is 9.29 Å². The average Bonchev–Trinajstić information content (AvgIpc) is 2.97. The van der Waals surface area contributed by atoms with Crippen LogP contribution in [0.2, 0.25) is 0 Å². The van der Waals surface area contributed by atoms with Gasteiger partial charge in [-0.3, -0.25) is 4.79 Å². The number of carbonyl (C=O) groups is 1. The molecule has 1 fully saturated rings. The fourth-order valence-electron chi connectivity index (χ4n) is 5.35. The zero-order chi connectivity index (χ0) is 23.8. The highest BCUT2D eigenvalue weighted by atomic mass is 32.2. The lowest BCUT2D eigenvalue weighted by Crippen LogP contribution is -2.33. The second-order valence-electron chi connectivity index (χ2n) is 9.75. The molecule has 176 valence electrons. The third kappa shape index (κ3) is 4.72. The van der Waals surface area contributed by atoms with Crippen molar-refractivity contribution in [1.29, 1.82) is 0 Å². The second kappa shape index (κ2) is 9.34. The maximum Gasteiger partial charge on any atom is 0.264 e. The van der Waals surface area contributed by atoms with Crippen LogP contribution in [0.25, 0.3) is 16.5 Å². The van der Waals surface area contributed by atoms with Crippen LogP contribution < -0.4 is 4.72 Å². The Kier molecular flexibility index (Phi) is 6.66. The van der Waals surface area contributed by atoms with E-state index in [1.807, 2.05) is 32.1 Å².